The minimum Gasteiger partial charge on any atom is -0.330 e. The maximum Gasteiger partial charge on any atom is 0.0410 e. The van der Waals surface area contributed by atoms with Crippen LogP contribution in [0.15, 0.2) is 42.6 Å². The van der Waals surface area contributed by atoms with Gasteiger partial charge in [-0.15, -0.1) is 0 Å². The van der Waals surface area contributed by atoms with Crippen LogP contribution in [-0.4, -0.2) is 12.3 Å². The van der Waals surface area contributed by atoms with Gasteiger partial charge in [-0.1, -0.05) is 19.2 Å². The fourth-order valence-electron chi connectivity index (χ4n) is 0.567. The fraction of sp³-hybridized carbons (Fsp3) is 0.222. The molecule has 0 unspecified atom stereocenters. The Morgan fingerprint density at radius 3 is 2.64 bits per heavy atom. The molecular weight excluding hydrogens is 136 g/mol. The molecule has 0 aromatic heterocycles. The second-order valence-corrected chi connectivity index (χ2v) is 1.94. The molecule has 0 aliphatic heterocycles. The van der Waals surface area contributed by atoms with Gasteiger partial charge in [-0.2, -0.15) is 0 Å². The molecule has 0 aromatic rings. The molecule has 0 saturated carbocycles. The SMILES string of the molecule is C=C/C=C\N=C(/C=C)CCN. The lowest BCUT2D eigenvalue weighted by molar-refractivity contribution is 1.04. The van der Waals surface area contributed by atoms with Crippen LogP contribution in [0.2, 0.25) is 0 Å². The van der Waals surface area contributed by atoms with Crippen molar-refractivity contribution in [1.82, 2.24) is 0 Å². The highest BCUT2D eigenvalue weighted by atomic mass is 14.7. The highest BCUT2D eigenvalue weighted by molar-refractivity contribution is 5.94. The van der Waals surface area contributed by atoms with Crippen LogP contribution in [0.1, 0.15) is 6.42 Å². The molecule has 11 heavy (non-hydrogen) atoms. The topological polar surface area (TPSA) is 38.4 Å². The number of allylic oxidation sites excluding steroid dienone is 3. The Labute approximate surface area is 67.8 Å². The summed E-state index contributed by atoms with van der Waals surface area (Å²) in [5.74, 6) is 0. The van der Waals surface area contributed by atoms with Gasteiger partial charge in [0, 0.05) is 18.3 Å². The van der Waals surface area contributed by atoms with Gasteiger partial charge in [-0.25, -0.2) is 0 Å². The molecule has 2 N–H and O–H groups in total. The summed E-state index contributed by atoms with van der Waals surface area (Å²) in [7, 11) is 0. The molecule has 0 aromatic carbocycles. The molecule has 0 spiro atoms. The molecule has 60 valence electrons. The number of hydrogen-bond donors (Lipinski definition) is 1. The second-order valence-electron chi connectivity index (χ2n) is 1.94. The Bertz CT molecular complexity index is 178. The quantitative estimate of drug-likeness (QED) is 0.470. The maximum absolute atomic E-state index is 5.34. The first kappa shape index (κ1) is 9.85. The van der Waals surface area contributed by atoms with Crippen molar-refractivity contribution in [3.05, 3.63) is 37.6 Å². The number of hydrogen-bond acceptors (Lipinski definition) is 2. The molecular formula is C9H14N2. The van der Waals surface area contributed by atoms with Crippen LogP contribution in [0.25, 0.3) is 0 Å². The van der Waals surface area contributed by atoms with Gasteiger partial charge >= 0.3 is 0 Å². The van der Waals surface area contributed by atoms with Crippen LogP contribution in [-0.2, 0) is 0 Å². The minimum absolute atomic E-state index is 0.604. The summed E-state index contributed by atoms with van der Waals surface area (Å²) in [6.45, 7) is 7.74. The molecule has 0 fully saturated rings. The zero-order valence-corrected chi connectivity index (χ0v) is 6.66. The van der Waals surface area contributed by atoms with Gasteiger partial charge < -0.3 is 5.73 Å². The van der Waals surface area contributed by atoms with Crippen molar-refractivity contribution in [3.8, 4) is 0 Å². The van der Waals surface area contributed by atoms with Crippen LogP contribution >= 0.6 is 0 Å². The van der Waals surface area contributed by atoms with E-state index in [1.54, 1.807) is 24.4 Å². The fourth-order valence-corrected chi connectivity index (χ4v) is 0.567. The molecule has 2 heteroatoms. The Kier molecular flexibility index (Phi) is 6.24. The molecule has 0 aliphatic rings. The van der Waals surface area contributed by atoms with Crippen LogP contribution in [0, 0.1) is 0 Å². The molecule has 0 aliphatic carbocycles. The predicted molar refractivity (Wildman–Crippen MR) is 50.6 cm³/mol. The summed E-state index contributed by atoms with van der Waals surface area (Å²) < 4.78 is 0. The van der Waals surface area contributed by atoms with Crippen molar-refractivity contribution < 1.29 is 0 Å². The van der Waals surface area contributed by atoms with E-state index in [9.17, 15) is 0 Å². The normalized spacial score (nSPS) is 11.9. The molecule has 0 amide bonds. The first-order valence-corrected chi connectivity index (χ1v) is 3.52. The van der Waals surface area contributed by atoms with Crippen molar-refractivity contribution in [1.29, 1.82) is 0 Å². The van der Waals surface area contributed by atoms with Gasteiger partial charge in [0.1, 0.15) is 0 Å². The van der Waals surface area contributed by atoms with Crippen molar-refractivity contribution in [3.63, 3.8) is 0 Å². The average molecular weight is 150 g/mol. The number of aliphatic imine (C=N–C) groups is 1. The van der Waals surface area contributed by atoms with Gasteiger partial charge in [0.15, 0.2) is 0 Å². The zero-order chi connectivity index (χ0) is 8.53. The van der Waals surface area contributed by atoms with E-state index in [1.807, 2.05) is 0 Å². The second kappa shape index (κ2) is 6.96. The van der Waals surface area contributed by atoms with Crippen LogP contribution in [0.4, 0.5) is 0 Å². The van der Waals surface area contributed by atoms with E-state index in [2.05, 4.69) is 18.2 Å². The monoisotopic (exact) mass is 150 g/mol. The summed E-state index contributed by atoms with van der Waals surface area (Å²) in [5.41, 5.74) is 6.24. The third-order valence-corrected chi connectivity index (χ3v) is 1.10. The third-order valence-electron chi connectivity index (χ3n) is 1.10. The van der Waals surface area contributed by atoms with E-state index < -0.39 is 0 Å². The third kappa shape index (κ3) is 5.30. The van der Waals surface area contributed by atoms with E-state index >= 15 is 0 Å². The molecule has 0 saturated heterocycles. The van der Waals surface area contributed by atoms with Gasteiger partial charge in [-0.3, -0.25) is 4.99 Å². The average Bonchev–Trinajstić information content (AvgIpc) is 2.03. The Balaban J connectivity index is 3.99. The first-order chi connectivity index (χ1) is 5.35. The van der Waals surface area contributed by atoms with Gasteiger partial charge in [0.2, 0.25) is 0 Å². The highest BCUT2D eigenvalue weighted by Gasteiger charge is 1.87. The van der Waals surface area contributed by atoms with Gasteiger partial charge in [0.05, 0.1) is 0 Å². The largest absolute Gasteiger partial charge is 0.330 e. The molecule has 0 rings (SSSR count). The molecule has 0 bridgehead atoms. The summed E-state index contributed by atoms with van der Waals surface area (Å²) >= 11 is 0. The lowest BCUT2D eigenvalue weighted by Crippen LogP contribution is -2.04. The number of rotatable bonds is 5. The van der Waals surface area contributed by atoms with Crippen LogP contribution in [0.3, 0.4) is 0 Å². The summed E-state index contributed by atoms with van der Waals surface area (Å²) in [6.07, 6.45) is 7.59. The molecule has 0 heterocycles. The Hall–Kier alpha value is -1.15. The number of nitrogens with zero attached hydrogens (tertiary/aromatic N) is 1. The Morgan fingerprint density at radius 1 is 1.45 bits per heavy atom. The van der Waals surface area contributed by atoms with E-state index in [-0.39, 0.29) is 0 Å². The van der Waals surface area contributed by atoms with Crippen molar-refractivity contribution in [2.24, 2.45) is 10.7 Å². The lowest BCUT2D eigenvalue weighted by atomic mass is 10.3. The summed E-state index contributed by atoms with van der Waals surface area (Å²) in [6, 6.07) is 0. The highest BCUT2D eigenvalue weighted by Crippen LogP contribution is 1.88. The zero-order valence-electron chi connectivity index (χ0n) is 6.66. The van der Waals surface area contributed by atoms with Gasteiger partial charge in [0.25, 0.3) is 0 Å². The first-order valence-electron chi connectivity index (χ1n) is 3.52. The van der Waals surface area contributed by atoms with E-state index in [1.165, 1.54) is 0 Å². The smallest absolute Gasteiger partial charge is 0.0410 e. The van der Waals surface area contributed by atoms with Gasteiger partial charge in [-0.05, 0) is 18.7 Å². The van der Waals surface area contributed by atoms with E-state index in [0.717, 1.165) is 12.1 Å². The van der Waals surface area contributed by atoms with Crippen LogP contribution < -0.4 is 5.73 Å². The standard InChI is InChI=1S/C9H14N2/c1-3-5-8-11-9(4-2)6-7-10/h3-5,8H,1-2,6-7,10H2/b8-5-,11-9+. The Morgan fingerprint density at radius 2 is 2.18 bits per heavy atom. The molecule has 2 nitrogen and oxygen atoms in total. The van der Waals surface area contributed by atoms with E-state index in [0.29, 0.717) is 6.54 Å². The predicted octanol–water partition coefficient (Wildman–Crippen LogP) is 1.66. The van der Waals surface area contributed by atoms with Crippen molar-refractivity contribution in [2.45, 2.75) is 6.42 Å². The van der Waals surface area contributed by atoms with Crippen molar-refractivity contribution >= 4 is 5.71 Å². The molecule has 0 radical (unpaired) electrons. The summed E-state index contributed by atoms with van der Waals surface area (Å²) in [4.78, 5) is 4.09. The summed E-state index contributed by atoms with van der Waals surface area (Å²) in [5, 5.41) is 0. The van der Waals surface area contributed by atoms with Crippen LogP contribution in [0.5, 0.6) is 0 Å². The van der Waals surface area contributed by atoms with Crippen molar-refractivity contribution in [2.75, 3.05) is 6.54 Å². The lowest BCUT2D eigenvalue weighted by Gasteiger charge is -1.93. The minimum atomic E-state index is 0.604. The molecule has 0 atom stereocenters. The maximum atomic E-state index is 5.34. The number of nitrogens with two attached hydrogens (primary N) is 1. The van der Waals surface area contributed by atoms with E-state index in [4.69, 9.17) is 5.73 Å².